The van der Waals surface area contributed by atoms with E-state index >= 15 is 0 Å². The van der Waals surface area contributed by atoms with E-state index in [1.807, 2.05) is 0 Å². The number of hydrogen-bond acceptors (Lipinski definition) is 6. The average Bonchev–Trinajstić information content (AvgIpc) is 2.47. The molecule has 4 N–H and O–H groups in total. The quantitative estimate of drug-likeness (QED) is 0.298. The Kier molecular flexibility index (Phi) is 10.4. The molecule has 0 rings (SSSR count). The molecular formula is C16H33N2O6PS. The van der Waals surface area contributed by atoms with Gasteiger partial charge in [-0.1, -0.05) is 34.6 Å². The molecule has 2 amide bonds. The minimum Gasteiger partial charge on any atom is -0.383 e. The molecule has 0 aliphatic carbocycles. The number of thioether (sulfide) groups is 1. The first-order valence-electron chi connectivity index (χ1n) is 8.45. The highest BCUT2D eigenvalue weighted by molar-refractivity contribution is 8.00. The summed E-state index contributed by atoms with van der Waals surface area (Å²) in [6.45, 7) is 10.8. The summed E-state index contributed by atoms with van der Waals surface area (Å²) in [6, 6.07) is 0. The van der Waals surface area contributed by atoms with Gasteiger partial charge in [0.15, 0.2) is 0 Å². The first-order valence-corrected chi connectivity index (χ1v) is 11.5. The Morgan fingerprint density at radius 1 is 1.15 bits per heavy atom. The van der Waals surface area contributed by atoms with E-state index < -0.39 is 25.0 Å². The van der Waals surface area contributed by atoms with Crippen LogP contribution in [0.3, 0.4) is 0 Å². The molecule has 0 radical (unpaired) electrons. The van der Waals surface area contributed by atoms with Gasteiger partial charge in [-0.2, -0.15) is 11.8 Å². The van der Waals surface area contributed by atoms with Crippen LogP contribution in [0.25, 0.3) is 0 Å². The van der Waals surface area contributed by atoms with Crippen LogP contribution in [0.15, 0.2) is 0 Å². The molecule has 0 aromatic carbocycles. The SMILES string of the molecule is CC(C)(C)SCCNC(=O)CCNC(=O)[C@@H](O)C(C)(C)COP(C)(=O)O. The maximum atomic E-state index is 12.0. The van der Waals surface area contributed by atoms with E-state index in [9.17, 15) is 19.3 Å². The van der Waals surface area contributed by atoms with Crippen LogP contribution in [-0.4, -0.2) is 64.8 Å². The van der Waals surface area contributed by atoms with E-state index in [-0.39, 0.29) is 30.2 Å². The molecule has 0 saturated carbocycles. The Balaban J connectivity index is 4.12. The smallest absolute Gasteiger partial charge is 0.325 e. The van der Waals surface area contributed by atoms with E-state index in [4.69, 9.17) is 9.42 Å². The lowest BCUT2D eigenvalue weighted by molar-refractivity contribution is -0.136. The molecule has 0 saturated heterocycles. The Labute approximate surface area is 160 Å². The van der Waals surface area contributed by atoms with Crippen LogP contribution in [0.1, 0.15) is 41.0 Å². The van der Waals surface area contributed by atoms with Crippen LogP contribution in [-0.2, 0) is 18.7 Å². The molecule has 8 nitrogen and oxygen atoms in total. The van der Waals surface area contributed by atoms with Gasteiger partial charge in [0.25, 0.3) is 0 Å². The van der Waals surface area contributed by atoms with Crippen molar-refractivity contribution in [3.05, 3.63) is 0 Å². The lowest BCUT2D eigenvalue weighted by Crippen LogP contribution is -2.46. The van der Waals surface area contributed by atoms with Crippen molar-refractivity contribution in [2.24, 2.45) is 5.41 Å². The highest BCUT2D eigenvalue weighted by Gasteiger charge is 2.35. The van der Waals surface area contributed by atoms with Gasteiger partial charge < -0.3 is 25.2 Å². The molecule has 0 bridgehead atoms. The van der Waals surface area contributed by atoms with Crippen LogP contribution in [0.5, 0.6) is 0 Å². The number of aliphatic hydroxyl groups excluding tert-OH is 1. The van der Waals surface area contributed by atoms with Crippen molar-refractivity contribution in [1.82, 2.24) is 10.6 Å². The zero-order chi connectivity index (χ0) is 20.6. The maximum Gasteiger partial charge on any atom is 0.325 e. The molecule has 0 heterocycles. The normalized spacial score (nSPS) is 15.8. The Bertz CT molecular complexity index is 515. The third-order valence-corrected chi connectivity index (χ3v) is 5.16. The summed E-state index contributed by atoms with van der Waals surface area (Å²) in [4.78, 5) is 32.8. The second-order valence-electron chi connectivity index (χ2n) is 7.82. The fraction of sp³-hybridized carbons (Fsp3) is 0.875. The van der Waals surface area contributed by atoms with Gasteiger partial charge in [-0.15, -0.1) is 0 Å². The largest absolute Gasteiger partial charge is 0.383 e. The minimum absolute atomic E-state index is 0.0946. The number of rotatable bonds is 11. The number of nitrogens with one attached hydrogen (secondary N) is 2. The van der Waals surface area contributed by atoms with Crippen molar-refractivity contribution in [3.63, 3.8) is 0 Å². The number of amides is 2. The molecule has 0 aliphatic rings. The van der Waals surface area contributed by atoms with E-state index in [1.54, 1.807) is 25.6 Å². The summed E-state index contributed by atoms with van der Waals surface area (Å²) in [6.07, 6.45) is -1.32. The first-order chi connectivity index (χ1) is 11.6. The highest BCUT2D eigenvalue weighted by Crippen LogP contribution is 2.39. The molecule has 0 spiro atoms. The fourth-order valence-corrected chi connectivity index (χ4v) is 3.14. The van der Waals surface area contributed by atoms with Crippen LogP contribution >= 0.6 is 19.4 Å². The molecule has 10 heteroatoms. The molecule has 0 aromatic rings. The van der Waals surface area contributed by atoms with E-state index in [0.29, 0.717) is 6.54 Å². The molecule has 0 aromatic heterocycles. The number of carbonyl (C=O) groups is 2. The van der Waals surface area contributed by atoms with Gasteiger partial charge in [0.1, 0.15) is 6.10 Å². The number of carbonyl (C=O) groups excluding carboxylic acids is 2. The summed E-state index contributed by atoms with van der Waals surface area (Å²) in [5.74, 6) is -0.0247. The lowest BCUT2D eigenvalue weighted by Gasteiger charge is -2.29. The highest BCUT2D eigenvalue weighted by atomic mass is 32.2. The summed E-state index contributed by atoms with van der Waals surface area (Å²) in [5.41, 5.74) is -1.05. The molecule has 26 heavy (non-hydrogen) atoms. The van der Waals surface area contributed by atoms with Gasteiger partial charge in [-0.3, -0.25) is 14.2 Å². The fourth-order valence-electron chi connectivity index (χ4n) is 1.75. The van der Waals surface area contributed by atoms with Crippen LogP contribution in [0, 0.1) is 5.41 Å². The van der Waals surface area contributed by atoms with Gasteiger partial charge in [0.05, 0.1) is 6.61 Å². The molecule has 2 atom stereocenters. The minimum atomic E-state index is -3.69. The van der Waals surface area contributed by atoms with E-state index in [1.165, 1.54) is 0 Å². The van der Waals surface area contributed by atoms with Crippen molar-refractivity contribution in [2.75, 3.05) is 32.1 Å². The van der Waals surface area contributed by atoms with Crippen LogP contribution in [0.4, 0.5) is 0 Å². The molecule has 154 valence electrons. The zero-order valence-corrected chi connectivity index (χ0v) is 18.2. The van der Waals surface area contributed by atoms with Crippen molar-refractivity contribution in [1.29, 1.82) is 0 Å². The molecule has 0 aliphatic heterocycles. The van der Waals surface area contributed by atoms with E-state index in [2.05, 4.69) is 31.4 Å². The third-order valence-electron chi connectivity index (χ3n) is 3.28. The third kappa shape index (κ3) is 12.7. The van der Waals surface area contributed by atoms with Crippen molar-refractivity contribution in [3.8, 4) is 0 Å². The monoisotopic (exact) mass is 412 g/mol. The predicted molar refractivity (Wildman–Crippen MR) is 104 cm³/mol. The van der Waals surface area contributed by atoms with Gasteiger partial charge in [0, 0.05) is 42.1 Å². The van der Waals surface area contributed by atoms with Gasteiger partial charge >= 0.3 is 7.60 Å². The molecular weight excluding hydrogens is 379 g/mol. The second kappa shape index (κ2) is 10.7. The predicted octanol–water partition coefficient (Wildman–Crippen LogP) is 1.36. The lowest BCUT2D eigenvalue weighted by atomic mass is 9.87. The molecule has 1 unspecified atom stereocenters. The van der Waals surface area contributed by atoms with Gasteiger partial charge in [0.2, 0.25) is 11.8 Å². The molecule has 0 fully saturated rings. The van der Waals surface area contributed by atoms with Crippen molar-refractivity contribution < 1.29 is 28.7 Å². The van der Waals surface area contributed by atoms with E-state index in [0.717, 1.165) is 12.4 Å². The zero-order valence-electron chi connectivity index (χ0n) is 16.5. The van der Waals surface area contributed by atoms with Crippen LogP contribution in [0.2, 0.25) is 0 Å². The van der Waals surface area contributed by atoms with Gasteiger partial charge in [-0.05, 0) is 0 Å². The van der Waals surface area contributed by atoms with Crippen molar-refractivity contribution in [2.45, 2.75) is 51.9 Å². The topological polar surface area (TPSA) is 125 Å². The van der Waals surface area contributed by atoms with Gasteiger partial charge in [-0.25, -0.2) is 0 Å². The average molecular weight is 412 g/mol. The second-order valence-corrected chi connectivity index (χ2v) is 11.6. The Morgan fingerprint density at radius 2 is 1.73 bits per heavy atom. The Hall–Kier alpha value is -0.600. The summed E-state index contributed by atoms with van der Waals surface area (Å²) in [5, 5.41) is 15.4. The first kappa shape index (κ1) is 25.4. The van der Waals surface area contributed by atoms with Crippen LogP contribution < -0.4 is 10.6 Å². The standard InChI is InChI=1S/C16H33N2O6PS/c1-15(2,3)26-10-9-17-12(19)7-8-18-14(21)13(20)16(4,5)11-24-25(6,22)23/h13,20H,7-11H2,1-6H3,(H,17,19)(H,18,21)(H,22,23)/t13-/m1/s1. The summed E-state index contributed by atoms with van der Waals surface area (Å²) >= 11 is 1.75. The summed E-state index contributed by atoms with van der Waals surface area (Å²) in [7, 11) is -3.69. The summed E-state index contributed by atoms with van der Waals surface area (Å²) < 4.78 is 16.1. The maximum absolute atomic E-state index is 12.0. The number of aliphatic hydroxyl groups is 1. The number of hydrogen-bond donors (Lipinski definition) is 4. The van der Waals surface area contributed by atoms with Crippen molar-refractivity contribution >= 4 is 31.2 Å². The Morgan fingerprint density at radius 3 is 2.23 bits per heavy atom.